The number of likely N-dealkylation sites (N-methyl/N-ethyl adjacent to an activating group) is 1. The zero-order chi connectivity index (χ0) is 22.4. The molecular weight excluding hydrogens is 394 g/mol. The number of likely N-dealkylation sites (tertiary alicyclic amines) is 1. The summed E-state index contributed by atoms with van der Waals surface area (Å²) in [7, 11) is 2.03. The van der Waals surface area contributed by atoms with E-state index in [2.05, 4.69) is 12.2 Å². The maximum Gasteiger partial charge on any atom is 0.409 e. The summed E-state index contributed by atoms with van der Waals surface area (Å²) < 4.78 is 7.01. The van der Waals surface area contributed by atoms with Crippen LogP contribution >= 0.6 is 0 Å². The van der Waals surface area contributed by atoms with Crippen molar-refractivity contribution < 1.29 is 19.2 Å². The van der Waals surface area contributed by atoms with E-state index in [1.54, 1.807) is 11.8 Å². The largest absolute Gasteiger partial charge is 0.450 e. The highest BCUT2D eigenvalue weighted by atomic mass is 16.6. The van der Waals surface area contributed by atoms with Crippen LogP contribution in [0.5, 0.6) is 0 Å². The van der Waals surface area contributed by atoms with Crippen LogP contribution in [0.4, 0.5) is 4.79 Å². The van der Waals surface area contributed by atoms with Crippen molar-refractivity contribution >= 4 is 12.0 Å². The Morgan fingerprint density at radius 1 is 1.19 bits per heavy atom. The molecule has 8 heteroatoms. The van der Waals surface area contributed by atoms with Crippen molar-refractivity contribution in [2.24, 2.45) is 0 Å². The predicted octanol–water partition coefficient (Wildman–Crippen LogP) is 1.24. The van der Waals surface area contributed by atoms with Crippen LogP contribution in [0.1, 0.15) is 36.7 Å². The highest BCUT2D eigenvalue weighted by molar-refractivity contribution is 5.77. The van der Waals surface area contributed by atoms with Crippen molar-refractivity contribution in [2.45, 2.75) is 46.2 Å². The van der Waals surface area contributed by atoms with Gasteiger partial charge in [0.1, 0.15) is 6.54 Å². The van der Waals surface area contributed by atoms with Gasteiger partial charge >= 0.3 is 6.09 Å². The van der Waals surface area contributed by atoms with Crippen LogP contribution in [0.25, 0.3) is 5.69 Å². The lowest BCUT2D eigenvalue weighted by Gasteiger charge is -2.31. The average Bonchev–Trinajstić information content (AvgIpc) is 3.03. The molecule has 1 aliphatic rings. The number of nitrogens with one attached hydrogen (secondary N) is 2. The van der Waals surface area contributed by atoms with Gasteiger partial charge < -0.3 is 19.9 Å². The number of aromatic nitrogens is 2. The molecule has 1 aromatic heterocycles. The third-order valence-corrected chi connectivity index (χ3v) is 5.77. The van der Waals surface area contributed by atoms with Crippen LogP contribution in [0.2, 0.25) is 0 Å². The number of amides is 2. The standard InChI is InChI=1S/C23H33N5O3/c1-5-31-23(30)27-13-11-19(12-14-27)24-22(29)16-26(4)15-21-17(2)25-28(18(21)3)20-9-7-6-8-10-20/h6-10,19H,5,11-16H2,1-4H3,(H,24,29)/p+1. The number of quaternary nitrogens is 1. The number of benzene rings is 1. The van der Waals surface area contributed by atoms with Crippen molar-refractivity contribution in [2.75, 3.05) is 33.3 Å². The van der Waals surface area contributed by atoms with Crippen LogP contribution in [0.15, 0.2) is 30.3 Å². The minimum atomic E-state index is -0.266. The second kappa shape index (κ2) is 10.4. The van der Waals surface area contributed by atoms with Crippen molar-refractivity contribution in [3.63, 3.8) is 0 Å². The van der Waals surface area contributed by atoms with Crippen molar-refractivity contribution in [3.05, 3.63) is 47.3 Å². The smallest absolute Gasteiger partial charge is 0.409 e. The van der Waals surface area contributed by atoms with Gasteiger partial charge in [-0.25, -0.2) is 9.48 Å². The Kier molecular flexibility index (Phi) is 7.68. The van der Waals surface area contributed by atoms with Crippen LogP contribution in [0, 0.1) is 13.8 Å². The van der Waals surface area contributed by atoms with Gasteiger partial charge in [0.05, 0.1) is 36.3 Å². The molecule has 8 nitrogen and oxygen atoms in total. The summed E-state index contributed by atoms with van der Waals surface area (Å²) in [6.07, 6.45) is 1.25. The van der Waals surface area contributed by atoms with Gasteiger partial charge in [0.25, 0.3) is 5.91 Å². The van der Waals surface area contributed by atoms with Gasteiger partial charge in [-0.3, -0.25) is 4.79 Å². The molecule has 1 aliphatic heterocycles. The third-order valence-electron chi connectivity index (χ3n) is 5.77. The monoisotopic (exact) mass is 428 g/mol. The highest BCUT2D eigenvalue weighted by Crippen LogP contribution is 2.17. The first-order valence-electron chi connectivity index (χ1n) is 11.0. The summed E-state index contributed by atoms with van der Waals surface area (Å²) in [5.74, 6) is 0.0397. The first kappa shape index (κ1) is 22.8. The minimum Gasteiger partial charge on any atom is -0.450 e. The minimum absolute atomic E-state index is 0.0397. The number of para-hydroxylation sites is 1. The zero-order valence-electron chi connectivity index (χ0n) is 19.0. The quantitative estimate of drug-likeness (QED) is 0.695. The van der Waals surface area contributed by atoms with Gasteiger partial charge in [0, 0.05) is 19.1 Å². The van der Waals surface area contributed by atoms with Gasteiger partial charge in [-0.15, -0.1) is 0 Å². The van der Waals surface area contributed by atoms with Crippen LogP contribution in [-0.4, -0.2) is 66.0 Å². The van der Waals surface area contributed by atoms with Gasteiger partial charge in [-0.05, 0) is 45.7 Å². The molecule has 0 saturated carbocycles. The normalized spacial score (nSPS) is 15.5. The lowest BCUT2D eigenvalue weighted by atomic mass is 10.1. The summed E-state index contributed by atoms with van der Waals surface area (Å²) in [5.41, 5.74) is 4.32. The molecule has 0 spiro atoms. The van der Waals surface area contributed by atoms with E-state index in [0.29, 0.717) is 26.2 Å². The number of ether oxygens (including phenoxy) is 1. The summed E-state index contributed by atoms with van der Waals surface area (Å²) in [6.45, 7) is 8.65. The molecule has 0 aliphatic carbocycles. The Bertz CT molecular complexity index is 888. The van der Waals surface area contributed by atoms with Gasteiger partial charge in [0.15, 0.2) is 6.54 Å². The Hall–Kier alpha value is -2.87. The number of nitrogens with zero attached hydrogens (tertiary/aromatic N) is 3. The summed E-state index contributed by atoms with van der Waals surface area (Å²) in [4.78, 5) is 27.2. The number of hydrogen-bond acceptors (Lipinski definition) is 4. The predicted molar refractivity (Wildman–Crippen MR) is 118 cm³/mol. The summed E-state index contributed by atoms with van der Waals surface area (Å²) in [6, 6.07) is 10.2. The van der Waals surface area contributed by atoms with E-state index < -0.39 is 0 Å². The molecule has 1 unspecified atom stereocenters. The molecule has 2 heterocycles. The molecule has 2 N–H and O–H groups in total. The molecule has 1 saturated heterocycles. The van der Waals surface area contributed by atoms with E-state index in [1.165, 1.54) is 5.56 Å². The molecule has 31 heavy (non-hydrogen) atoms. The van der Waals surface area contributed by atoms with Gasteiger partial charge in [0.2, 0.25) is 0 Å². The fraction of sp³-hybridized carbons (Fsp3) is 0.522. The molecular formula is C23H34N5O3+. The second-order valence-corrected chi connectivity index (χ2v) is 8.24. The van der Waals surface area contributed by atoms with E-state index >= 15 is 0 Å². The number of hydrogen-bond donors (Lipinski definition) is 2. The van der Waals surface area contributed by atoms with Crippen molar-refractivity contribution in [1.29, 1.82) is 0 Å². The van der Waals surface area contributed by atoms with Crippen molar-refractivity contribution in [3.8, 4) is 5.69 Å². The molecule has 2 amide bonds. The molecule has 168 valence electrons. The lowest BCUT2D eigenvalue weighted by Crippen LogP contribution is -3.09. The molecule has 0 bridgehead atoms. The van der Waals surface area contributed by atoms with Crippen LogP contribution in [0.3, 0.4) is 0 Å². The Balaban J connectivity index is 1.50. The fourth-order valence-electron chi connectivity index (χ4n) is 4.09. The molecule has 1 fully saturated rings. The van der Waals surface area contributed by atoms with E-state index in [4.69, 9.17) is 9.84 Å². The number of carbonyl (C=O) groups excluding carboxylic acids is 2. The first-order chi connectivity index (χ1) is 14.9. The average molecular weight is 429 g/mol. The van der Waals surface area contributed by atoms with E-state index in [1.807, 2.05) is 49.0 Å². The third kappa shape index (κ3) is 5.85. The number of carbonyl (C=O) groups is 2. The van der Waals surface area contributed by atoms with E-state index in [0.717, 1.165) is 41.4 Å². The fourth-order valence-corrected chi connectivity index (χ4v) is 4.09. The maximum atomic E-state index is 12.6. The van der Waals surface area contributed by atoms with E-state index in [9.17, 15) is 9.59 Å². The second-order valence-electron chi connectivity index (χ2n) is 8.24. The van der Waals surface area contributed by atoms with Crippen molar-refractivity contribution in [1.82, 2.24) is 20.0 Å². The summed E-state index contributed by atoms with van der Waals surface area (Å²) >= 11 is 0. The molecule has 2 aromatic rings. The number of piperidine rings is 1. The first-order valence-corrected chi connectivity index (χ1v) is 11.0. The van der Waals surface area contributed by atoms with E-state index in [-0.39, 0.29) is 18.0 Å². The maximum absolute atomic E-state index is 12.6. The molecule has 1 atom stereocenters. The summed E-state index contributed by atoms with van der Waals surface area (Å²) in [5, 5.41) is 7.83. The molecule has 0 radical (unpaired) electrons. The zero-order valence-corrected chi connectivity index (χ0v) is 19.0. The highest BCUT2D eigenvalue weighted by Gasteiger charge is 2.25. The Morgan fingerprint density at radius 2 is 1.87 bits per heavy atom. The Labute approximate surface area is 184 Å². The Morgan fingerprint density at radius 3 is 2.52 bits per heavy atom. The SMILES string of the molecule is CCOC(=O)N1CCC(NC(=O)C[NH+](C)Cc2c(C)nn(-c3ccccc3)c2C)CC1. The van der Waals surface area contributed by atoms with Gasteiger partial charge in [-0.2, -0.15) is 5.10 Å². The number of aryl methyl sites for hydroxylation is 1. The molecule has 3 rings (SSSR count). The topological polar surface area (TPSA) is 80.9 Å². The number of rotatable bonds is 7. The molecule has 1 aromatic carbocycles. The van der Waals surface area contributed by atoms with Crippen LogP contribution in [-0.2, 0) is 16.1 Å². The van der Waals surface area contributed by atoms with Gasteiger partial charge in [-0.1, -0.05) is 18.2 Å². The lowest BCUT2D eigenvalue weighted by molar-refractivity contribution is -0.885. The van der Waals surface area contributed by atoms with Crippen LogP contribution < -0.4 is 10.2 Å².